The Kier molecular flexibility index (Phi) is 5.15. The van der Waals surface area contributed by atoms with E-state index in [0.717, 1.165) is 0 Å². The topological polar surface area (TPSA) is 61.1 Å². The second-order valence-electron chi connectivity index (χ2n) is 4.67. The average molecular weight is 300 g/mol. The van der Waals surface area contributed by atoms with Gasteiger partial charge < -0.3 is 14.8 Å². The predicted octanol–water partition coefficient (Wildman–Crippen LogP) is 3.38. The monoisotopic (exact) mass is 300 g/mol. The van der Waals surface area contributed by atoms with Gasteiger partial charge in [-0.2, -0.15) is 5.26 Å². The molecule has 5 nitrogen and oxygen atoms in total. The molecule has 1 N–H and O–H groups in total. The van der Waals surface area contributed by atoms with E-state index in [1.807, 2.05) is 13.0 Å². The zero-order valence-electron chi connectivity index (χ0n) is 12.3. The van der Waals surface area contributed by atoms with Crippen molar-refractivity contribution in [2.24, 2.45) is 0 Å². The zero-order chi connectivity index (χ0) is 15.9. The van der Waals surface area contributed by atoms with Crippen LogP contribution in [0.15, 0.2) is 42.7 Å². The second-order valence-corrected chi connectivity index (χ2v) is 4.67. The maximum Gasteiger partial charge on any atom is 0.321 e. The van der Waals surface area contributed by atoms with Crippen molar-refractivity contribution in [1.82, 2.24) is 9.47 Å². The molecule has 0 fully saturated rings. The first-order valence-electron chi connectivity index (χ1n) is 7.01. The highest BCUT2D eigenvalue weighted by Crippen LogP contribution is 2.19. The molecule has 0 saturated heterocycles. The summed E-state index contributed by atoms with van der Waals surface area (Å²) in [5.74, 6) is -0.369. The van der Waals surface area contributed by atoms with Gasteiger partial charge in [-0.3, -0.25) is 0 Å². The maximum atomic E-state index is 13.9. The lowest BCUT2D eigenvalue weighted by Crippen LogP contribution is -2.35. The second kappa shape index (κ2) is 7.27. The molecule has 0 bridgehead atoms. The van der Waals surface area contributed by atoms with E-state index in [2.05, 4.69) is 5.32 Å². The van der Waals surface area contributed by atoms with Crippen LogP contribution in [-0.2, 0) is 0 Å². The third kappa shape index (κ3) is 3.64. The quantitative estimate of drug-likeness (QED) is 0.920. The lowest BCUT2D eigenvalue weighted by molar-refractivity contribution is 0.215. The summed E-state index contributed by atoms with van der Waals surface area (Å²) in [5, 5.41) is 11.3. The van der Waals surface area contributed by atoms with Gasteiger partial charge in [0.25, 0.3) is 0 Å². The van der Waals surface area contributed by atoms with Gasteiger partial charge in [0.05, 0.1) is 18.2 Å². The van der Waals surface area contributed by atoms with Crippen LogP contribution in [-0.4, -0.2) is 28.6 Å². The van der Waals surface area contributed by atoms with Crippen molar-refractivity contribution in [2.45, 2.75) is 13.3 Å². The number of nitrogens with zero attached hydrogens (tertiary/aromatic N) is 3. The molecular weight excluding hydrogens is 283 g/mol. The standard InChI is InChI=1S/C16H17FN4O/c1-2-20(11-5-8-18)16(22)19-13-6-7-14(17)15(12-13)21-9-3-4-10-21/h3-4,6-7,9-10,12H,2,5,11H2,1H3,(H,19,22). The van der Waals surface area contributed by atoms with Gasteiger partial charge in [0, 0.05) is 31.2 Å². The lowest BCUT2D eigenvalue weighted by Gasteiger charge is -2.20. The number of benzene rings is 1. The van der Waals surface area contributed by atoms with Crippen LogP contribution in [0.5, 0.6) is 0 Å². The SMILES string of the molecule is CCN(CCC#N)C(=O)Nc1ccc(F)c(-n2cccc2)c1. The first-order chi connectivity index (χ1) is 10.7. The Hall–Kier alpha value is -2.81. The zero-order valence-corrected chi connectivity index (χ0v) is 12.3. The lowest BCUT2D eigenvalue weighted by atomic mass is 10.2. The van der Waals surface area contributed by atoms with Gasteiger partial charge in [0.2, 0.25) is 0 Å². The molecule has 0 aliphatic carbocycles. The van der Waals surface area contributed by atoms with Gasteiger partial charge in [-0.05, 0) is 37.3 Å². The first-order valence-corrected chi connectivity index (χ1v) is 7.01. The molecule has 0 radical (unpaired) electrons. The molecule has 0 spiro atoms. The Balaban J connectivity index is 2.15. The summed E-state index contributed by atoms with van der Waals surface area (Å²) in [7, 11) is 0. The molecule has 22 heavy (non-hydrogen) atoms. The minimum atomic E-state index is -0.369. The van der Waals surface area contributed by atoms with Crippen LogP contribution in [0.1, 0.15) is 13.3 Å². The summed E-state index contributed by atoms with van der Waals surface area (Å²) in [6.45, 7) is 2.70. The Morgan fingerprint density at radius 2 is 2.14 bits per heavy atom. The number of amides is 2. The minimum Gasteiger partial charge on any atom is -0.324 e. The van der Waals surface area contributed by atoms with Gasteiger partial charge in [-0.25, -0.2) is 9.18 Å². The number of halogens is 1. The number of nitrogens with one attached hydrogen (secondary N) is 1. The summed E-state index contributed by atoms with van der Waals surface area (Å²) < 4.78 is 15.5. The van der Waals surface area contributed by atoms with Crippen molar-refractivity contribution >= 4 is 11.7 Å². The van der Waals surface area contributed by atoms with Crippen molar-refractivity contribution < 1.29 is 9.18 Å². The van der Waals surface area contributed by atoms with Crippen molar-refractivity contribution in [3.63, 3.8) is 0 Å². The van der Waals surface area contributed by atoms with E-state index in [0.29, 0.717) is 24.5 Å². The van der Waals surface area contributed by atoms with E-state index in [1.54, 1.807) is 35.2 Å². The fourth-order valence-electron chi connectivity index (χ4n) is 2.07. The van der Waals surface area contributed by atoms with Crippen molar-refractivity contribution in [3.8, 4) is 11.8 Å². The van der Waals surface area contributed by atoms with E-state index in [4.69, 9.17) is 5.26 Å². The molecule has 1 aromatic carbocycles. The van der Waals surface area contributed by atoms with E-state index in [1.165, 1.54) is 17.0 Å². The number of aromatic nitrogens is 1. The average Bonchev–Trinajstić information content (AvgIpc) is 3.04. The highest BCUT2D eigenvalue weighted by molar-refractivity contribution is 5.89. The molecule has 6 heteroatoms. The van der Waals surface area contributed by atoms with Gasteiger partial charge in [-0.1, -0.05) is 0 Å². The Bertz CT molecular complexity index is 676. The number of anilines is 1. The number of carbonyl (C=O) groups is 1. The van der Waals surface area contributed by atoms with Gasteiger partial charge in [-0.15, -0.1) is 0 Å². The van der Waals surface area contributed by atoms with E-state index >= 15 is 0 Å². The number of carbonyl (C=O) groups excluding carboxylic acids is 1. The van der Waals surface area contributed by atoms with Crippen LogP contribution in [0, 0.1) is 17.1 Å². The number of urea groups is 1. The number of hydrogen-bond donors (Lipinski definition) is 1. The first kappa shape index (κ1) is 15.6. The highest BCUT2D eigenvalue weighted by atomic mass is 19.1. The van der Waals surface area contributed by atoms with Crippen LogP contribution in [0.2, 0.25) is 0 Å². The molecule has 0 aliphatic heterocycles. The summed E-state index contributed by atoms with van der Waals surface area (Å²) in [5.41, 5.74) is 0.869. The van der Waals surface area contributed by atoms with Crippen molar-refractivity contribution in [2.75, 3.05) is 18.4 Å². The van der Waals surface area contributed by atoms with Gasteiger partial charge >= 0.3 is 6.03 Å². The summed E-state index contributed by atoms with van der Waals surface area (Å²) in [6.07, 6.45) is 3.74. The Morgan fingerprint density at radius 1 is 1.41 bits per heavy atom. The van der Waals surface area contributed by atoms with Crippen LogP contribution < -0.4 is 5.32 Å². The Morgan fingerprint density at radius 3 is 2.77 bits per heavy atom. The van der Waals surface area contributed by atoms with Crippen LogP contribution in [0.3, 0.4) is 0 Å². The van der Waals surface area contributed by atoms with E-state index in [-0.39, 0.29) is 18.3 Å². The van der Waals surface area contributed by atoms with Crippen molar-refractivity contribution in [3.05, 3.63) is 48.5 Å². The maximum absolute atomic E-state index is 13.9. The number of nitriles is 1. The molecule has 2 amide bonds. The normalized spacial score (nSPS) is 10.0. The molecule has 2 rings (SSSR count). The fourth-order valence-corrected chi connectivity index (χ4v) is 2.07. The summed E-state index contributed by atoms with van der Waals surface area (Å²) in [4.78, 5) is 13.7. The molecule has 114 valence electrons. The van der Waals surface area contributed by atoms with Crippen LogP contribution in [0.25, 0.3) is 5.69 Å². The number of hydrogen-bond acceptors (Lipinski definition) is 2. The summed E-state index contributed by atoms with van der Waals surface area (Å²) in [6, 6.07) is 9.71. The highest BCUT2D eigenvalue weighted by Gasteiger charge is 2.12. The van der Waals surface area contributed by atoms with Crippen LogP contribution in [0.4, 0.5) is 14.9 Å². The molecule has 0 saturated carbocycles. The fraction of sp³-hybridized carbons (Fsp3) is 0.250. The molecular formula is C16H17FN4O. The molecule has 0 atom stereocenters. The Labute approximate surface area is 128 Å². The molecule has 2 aromatic rings. The molecule has 0 unspecified atom stereocenters. The van der Waals surface area contributed by atoms with Gasteiger partial charge in [0.15, 0.2) is 0 Å². The van der Waals surface area contributed by atoms with Gasteiger partial charge in [0.1, 0.15) is 5.82 Å². The molecule has 0 aliphatic rings. The summed E-state index contributed by atoms with van der Waals surface area (Å²) >= 11 is 0. The van der Waals surface area contributed by atoms with E-state index in [9.17, 15) is 9.18 Å². The minimum absolute atomic E-state index is 0.277. The number of rotatable bonds is 5. The predicted molar refractivity (Wildman–Crippen MR) is 82.2 cm³/mol. The van der Waals surface area contributed by atoms with E-state index < -0.39 is 0 Å². The smallest absolute Gasteiger partial charge is 0.321 e. The molecule has 1 aromatic heterocycles. The molecule has 1 heterocycles. The largest absolute Gasteiger partial charge is 0.324 e. The third-order valence-electron chi connectivity index (χ3n) is 3.24. The van der Waals surface area contributed by atoms with Crippen molar-refractivity contribution in [1.29, 1.82) is 5.26 Å². The van der Waals surface area contributed by atoms with Crippen LogP contribution >= 0.6 is 0 Å². The third-order valence-corrected chi connectivity index (χ3v) is 3.24.